The van der Waals surface area contributed by atoms with Crippen LogP contribution in [0.3, 0.4) is 0 Å². The van der Waals surface area contributed by atoms with Crippen molar-refractivity contribution in [2.45, 2.75) is 26.9 Å². The van der Waals surface area contributed by atoms with Gasteiger partial charge in [0, 0.05) is 17.6 Å². The van der Waals surface area contributed by atoms with Crippen LogP contribution in [0.2, 0.25) is 0 Å². The van der Waals surface area contributed by atoms with Gasteiger partial charge in [0.25, 0.3) is 0 Å². The number of nitrogens with zero attached hydrogens (tertiary/aromatic N) is 2. The van der Waals surface area contributed by atoms with Gasteiger partial charge < -0.3 is 9.84 Å². The highest BCUT2D eigenvalue weighted by Gasteiger charge is 2.16. The maximum Gasteiger partial charge on any atom is 0.344 e. The third kappa shape index (κ3) is 3.28. The van der Waals surface area contributed by atoms with Gasteiger partial charge in [-0.1, -0.05) is 0 Å². The molecule has 0 aliphatic heterocycles. The van der Waals surface area contributed by atoms with Crippen LogP contribution in [0.25, 0.3) is 22.2 Å². The zero-order chi connectivity index (χ0) is 18.1. The third-order valence-electron chi connectivity index (χ3n) is 3.99. The maximum absolute atomic E-state index is 13.6. The van der Waals surface area contributed by atoms with E-state index in [0.29, 0.717) is 5.65 Å². The number of carbonyl (C=O) groups is 1. The Balaban J connectivity index is 2.11. The molecule has 3 aromatic rings. The maximum atomic E-state index is 13.6. The number of halogens is 1. The van der Waals surface area contributed by atoms with Crippen LogP contribution in [0, 0.1) is 19.7 Å². The minimum Gasteiger partial charge on any atom is -0.479 e. The van der Waals surface area contributed by atoms with E-state index in [4.69, 9.17) is 9.84 Å². The van der Waals surface area contributed by atoms with E-state index in [1.165, 1.54) is 19.1 Å². The molecule has 25 heavy (non-hydrogen) atoms. The van der Waals surface area contributed by atoms with Crippen LogP contribution in [0.1, 0.15) is 18.1 Å². The van der Waals surface area contributed by atoms with Gasteiger partial charge in [-0.15, -0.1) is 0 Å². The summed E-state index contributed by atoms with van der Waals surface area (Å²) in [5.74, 6) is -1.14. The van der Waals surface area contributed by atoms with Crippen molar-refractivity contribution in [1.82, 2.24) is 9.97 Å². The molecule has 0 bridgehead atoms. The molecule has 0 radical (unpaired) electrons. The molecule has 5 nitrogen and oxygen atoms in total. The summed E-state index contributed by atoms with van der Waals surface area (Å²) in [6.07, 6.45) is 0.617. The van der Waals surface area contributed by atoms with Crippen LogP contribution in [-0.2, 0) is 4.79 Å². The van der Waals surface area contributed by atoms with Crippen molar-refractivity contribution in [3.05, 3.63) is 53.5 Å². The summed E-state index contributed by atoms with van der Waals surface area (Å²) in [7, 11) is 0. The number of benzene rings is 1. The predicted molar refractivity (Wildman–Crippen MR) is 92.1 cm³/mol. The molecule has 0 saturated heterocycles. The molecule has 0 fully saturated rings. The first-order valence-electron chi connectivity index (χ1n) is 7.79. The summed E-state index contributed by atoms with van der Waals surface area (Å²) in [4.78, 5) is 19.4. The summed E-state index contributed by atoms with van der Waals surface area (Å²) >= 11 is 0. The van der Waals surface area contributed by atoms with Gasteiger partial charge in [0.1, 0.15) is 5.82 Å². The molecule has 2 heterocycles. The summed E-state index contributed by atoms with van der Waals surface area (Å²) < 4.78 is 18.9. The summed E-state index contributed by atoms with van der Waals surface area (Å²) in [5, 5.41) is 9.72. The molecule has 0 aliphatic rings. The van der Waals surface area contributed by atoms with E-state index in [-0.39, 0.29) is 11.7 Å². The van der Waals surface area contributed by atoms with Crippen molar-refractivity contribution in [3.63, 3.8) is 0 Å². The van der Waals surface area contributed by atoms with Gasteiger partial charge in [-0.3, -0.25) is 0 Å². The van der Waals surface area contributed by atoms with E-state index in [2.05, 4.69) is 9.97 Å². The number of hydrogen-bond donors (Lipinski definition) is 1. The molecule has 128 valence electrons. The monoisotopic (exact) mass is 340 g/mol. The number of aryl methyl sites for hydroxylation is 2. The van der Waals surface area contributed by atoms with Crippen LogP contribution in [0.5, 0.6) is 5.88 Å². The lowest BCUT2D eigenvalue weighted by Gasteiger charge is -2.14. The van der Waals surface area contributed by atoms with E-state index in [1.54, 1.807) is 18.3 Å². The highest BCUT2D eigenvalue weighted by atomic mass is 19.1. The van der Waals surface area contributed by atoms with E-state index in [0.717, 1.165) is 27.6 Å². The van der Waals surface area contributed by atoms with Gasteiger partial charge in [0.2, 0.25) is 5.88 Å². The fourth-order valence-electron chi connectivity index (χ4n) is 2.86. The average molecular weight is 340 g/mol. The molecule has 0 aliphatic carbocycles. The van der Waals surface area contributed by atoms with Crippen molar-refractivity contribution in [2.75, 3.05) is 0 Å². The van der Waals surface area contributed by atoms with Crippen molar-refractivity contribution < 1.29 is 19.0 Å². The van der Waals surface area contributed by atoms with E-state index in [1.807, 2.05) is 19.9 Å². The molecular weight excluding hydrogens is 323 g/mol. The van der Waals surface area contributed by atoms with Crippen LogP contribution in [-0.4, -0.2) is 27.1 Å². The molecule has 1 N–H and O–H groups in total. The average Bonchev–Trinajstić information content (AvgIpc) is 2.53. The number of fused-ring (bicyclic) bond motifs is 1. The molecule has 0 amide bonds. The minimum atomic E-state index is -1.07. The number of carboxylic acid groups (broad SMARTS) is 1. The largest absolute Gasteiger partial charge is 0.479 e. The zero-order valence-corrected chi connectivity index (χ0v) is 14.1. The SMILES string of the molecule is Cc1cc(F)cc(C)c1-c1ccnc2nc(O[C@H](C)C(=O)O)ccc12. The van der Waals surface area contributed by atoms with Crippen LogP contribution in [0.4, 0.5) is 4.39 Å². The van der Waals surface area contributed by atoms with Gasteiger partial charge in [0.15, 0.2) is 11.8 Å². The fourth-order valence-corrected chi connectivity index (χ4v) is 2.86. The lowest BCUT2D eigenvalue weighted by molar-refractivity contribution is -0.144. The number of pyridine rings is 2. The van der Waals surface area contributed by atoms with Crippen LogP contribution in [0.15, 0.2) is 36.5 Å². The summed E-state index contributed by atoms with van der Waals surface area (Å²) in [6, 6.07) is 8.25. The topological polar surface area (TPSA) is 72.3 Å². The van der Waals surface area contributed by atoms with E-state index in [9.17, 15) is 9.18 Å². The number of ether oxygens (including phenoxy) is 1. The quantitative estimate of drug-likeness (QED) is 0.780. The Hall–Kier alpha value is -3.02. The van der Waals surface area contributed by atoms with Crippen LogP contribution >= 0.6 is 0 Å². The Labute approximate surface area is 144 Å². The number of hydrogen-bond acceptors (Lipinski definition) is 4. The number of aliphatic carboxylic acids is 1. The zero-order valence-electron chi connectivity index (χ0n) is 14.1. The highest BCUT2D eigenvalue weighted by Crippen LogP contribution is 2.33. The molecule has 1 atom stereocenters. The number of rotatable bonds is 4. The molecule has 6 heteroatoms. The second-order valence-corrected chi connectivity index (χ2v) is 5.89. The van der Waals surface area contributed by atoms with Gasteiger partial charge in [-0.05, 0) is 67.3 Å². The van der Waals surface area contributed by atoms with Crippen molar-refractivity contribution in [1.29, 1.82) is 0 Å². The molecular formula is C19H17FN2O3. The first-order chi connectivity index (χ1) is 11.9. The van der Waals surface area contributed by atoms with Gasteiger partial charge in [-0.2, -0.15) is 4.98 Å². The number of carboxylic acids is 1. The fraction of sp³-hybridized carbons (Fsp3) is 0.211. The second-order valence-electron chi connectivity index (χ2n) is 5.89. The Bertz CT molecular complexity index is 949. The molecule has 3 rings (SSSR count). The van der Waals surface area contributed by atoms with Crippen molar-refractivity contribution in [2.24, 2.45) is 0 Å². The third-order valence-corrected chi connectivity index (χ3v) is 3.99. The Morgan fingerprint density at radius 3 is 2.52 bits per heavy atom. The molecule has 0 unspecified atom stereocenters. The number of aromatic nitrogens is 2. The highest BCUT2D eigenvalue weighted by molar-refractivity contribution is 5.94. The first kappa shape index (κ1) is 16.8. The molecule has 1 aromatic carbocycles. The molecule has 2 aromatic heterocycles. The second kappa shape index (κ2) is 6.47. The van der Waals surface area contributed by atoms with Gasteiger partial charge >= 0.3 is 5.97 Å². The van der Waals surface area contributed by atoms with Crippen LogP contribution < -0.4 is 4.74 Å². The summed E-state index contributed by atoms with van der Waals surface area (Å²) in [5.41, 5.74) is 3.92. The van der Waals surface area contributed by atoms with Gasteiger partial charge in [-0.25, -0.2) is 14.2 Å². The lowest BCUT2D eigenvalue weighted by atomic mass is 9.94. The smallest absolute Gasteiger partial charge is 0.344 e. The Morgan fingerprint density at radius 2 is 1.88 bits per heavy atom. The lowest BCUT2D eigenvalue weighted by Crippen LogP contribution is -2.23. The molecule has 0 spiro atoms. The minimum absolute atomic E-state index is 0.194. The molecule has 0 saturated carbocycles. The Kier molecular flexibility index (Phi) is 4.35. The predicted octanol–water partition coefficient (Wildman–Crippen LogP) is 3.90. The van der Waals surface area contributed by atoms with E-state index < -0.39 is 12.1 Å². The first-order valence-corrected chi connectivity index (χ1v) is 7.79. The summed E-state index contributed by atoms with van der Waals surface area (Å²) in [6.45, 7) is 5.15. The van der Waals surface area contributed by atoms with Gasteiger partial charge in [0.05, 0.1) is 0 Å². The van der Waals surface area contributed by atoms with Crippen molar-refractivity contribution in [3.8, 4) is 17.0 Å². The normalized spacial score (nSPS) is 12.2. The Morgan fingerprint density at radius 1 is 1.20 bits per heavy atom. The standard InChI is InChI=1S/C19H17FN2O3/c1-10-8-13(20)9-11(2)17(10)14-6-7-21-18-15(14)4-5-16(22-18)25-12(3)19(23)24/h4-9,12H,1-3H3,(H,23,24)/t12-/m1/s1. The van der Waals surface area contributed by atoms with E-state index >= 15 is 0 Å². The van der Waals surface area contributed by atoms with Crippen molar-refractivity contribution >= 4 is 17.0 Å².